The minimum absolute atomic E-state index is 0.00595. The first-order valence-corrected chi connectivity index (χ1v) is 11.8. The van der Waals surface area contributed by atoms with Gasteiger partial charge in [0, 0.05) is 17.0 Å². The second-order valence-corrected chi connectivity index (χ2v) is 9.08. The molecule has 0 bridgehead atoms. The number of amides is 1. The van der Waals surface area contributed by atoms with Gasteiger partial charge in [0.05, 0.1) is 7.41 Å². The average Bonchev–Trinajstić information content (AvgIpc) is 3.53. The number of benzene rings is 2. The van der Waals surface area contributed by atoms with E-state index in [2.05, 4.69) is 5.32 Å². The number of likely N-dealkylation sites (tertiary alicyclic amines) is 1. The van der Waals surface area contributed by atoms with E-state index < -0.39 is 29.7 Å². The Morgan fingerprint density at radius 2 is 1.89 bits per heavy atom. The molecular formula is C25H25ClF2N2O5. The average molecular weight is 508 g/mol. The minimum Gasteiger partial charge on any atom is -0.486 e. The maximum Gasteiger partial charge on any atom is 0.380 e. The predicted molar refractivity (Wildman–Crippen MR) is 125 cm³/mol. The van der Waals surface area contributed by atoms with Crippen LogP contribution in [0.25, 0.3) is 11.0 Å². The fourth-order valence-corrected chi connectivity index (χ4v) is 4.54. The second kappa shape index (κ2) is 9.64. The molecule has 0 aliphatic carbocycles. The van der Waals surface area contributed by atoms with Crippen molar-refractivity contribution in [1.82, 2.24) is 10.2 Å². The standard InChI is InChI=1S/C25H25ClF2N2O5/c26-17-4-6-19-16(11-17)13-22(35-19)25(27,28)24(32)29-18(14-30-7-1-2-8-30)23(31)15-3-5-20-21(12-15)34-10-9-33-20/h3-6,11-13,18,23,31H,1-2,7-10,14H2,(H,29,32)/i23D. The molecule has 186 valence electrons. The summed E-state index contributed by atoms with van der Waals surface area (Å²) in [6, 6.07) is 8.52. The number of alkyl halides is 2. The van der Waals surface area contributed by atoms with E-state index in [9.17, 15) is 9.90 Å². The van der Waals surface area contributed by atoms with Crippen LogP contribution in [0.4, 0.5) is 8.78 Å². The van der Waals surface area contributed by atoms with Crippen molar-refractivity contribution in [1.29, 1.82) is 0 Å². The molecule has 2 atom stereocenters. The molecule has 2 aliphatic rings. The number of nitrogens with one attached hydrogen (secondary N) is 1. The smallest absolute Gasteiger partial charge is 0.380 e. The Morgan fingerprint density at radius 3 is 2.66 bits per heavy atom. The quantitative estimate of drug-likeness (QED) is 0.497. The van der Waals surface area contributed by atoms with Crippen LogP contribution in [0.5, 0.6) is 11.5 Å². The number of hydrogen-bond acceptors (Lipinski definition) is 6. The SMILES string of the molecule is [2H]C(O)(c1ccc2c(c1)OCCO2)C(CN1CCCC1)NC(=O)C(F)(F)c1cc2cc(Cl)ccc2o1. The first-order chi connectivity index (χ1) is 17.1. The molecule has 1 aromatic heterocycles. The molecule has 0 spiro atoms. The van der Waals surface area contributed by atoms with Gasteiger partial charge in [0.2, 0.25) is 0 Å². The van der Waals surface area contributed by atoms with E-state index in [1.54, 1.807) is 6.07 Å². The van der Waals surface area contributed by atoms with Gasteiger partial charge in [-0.2, -0.15) is 8.78 Å². The highest BCUT2D eigenvalue weighted by Crippen LogP contribution is 2.36. The molecule has 0 radical (unpaired) electrons. The van der Waals surface area contributed by atoms with Crippen LogP contribution in [0, 0.1) is 0 Å². The van der Waals surface area contributed by atoms with Crippen molar-refractivity contribution in [2.75, 3.05) is 32.8 Å². The summed E-state index contributed by atoms with van der Waals surface area (Å²) in [5.74, 6) is -5.80. The van der Waals surface area contributed by atoms with Gasteiger partial charge >= 0.3 is 5.92 Å². The Hall–Kier alpha value is -2.88. The summed E-state index contributed by atoms with van der Waals surface area (Å²) < 4.78 is 55.5. The van der Waals surface area contributed by atoms with Gasteiger partial charge in [0.25, 0.3) is 5.91 Å². The molecule has 3 aromatic rings. The van der Waals surface area contributed by atoms with Gasteiger partial charge in [-0.15, -0.1) is 0 Å². The van der Waals surface area contributed by atoms with Crippen LogP contribution in [0.3, 0.4) is 0 Å². The number of ether oxygens (including phenoxy) is 2. The second-order valence-electron chi connectivity index (χ2n) is 8.64. The van der Waals surface area contributed by atoms with Crippen LogP contribution in [0.1, 0.15) is 31.6 Å². The van der Waals surface area contributed by atoms with E-state index in [0.29, 0.717) is 48.2 Å². The number of carbonyl (C=O) groups is 1. The molecule has 3 heterocycles. The molecular weight excluding hydrogens is 482 g/mol. The molecule has 35 heavy (non-hydrogen) atoms. The van der Waals surface area contributed by atoms with Gasteiger partial charge in [0.15, 0.2) is 17.3 Å². The largest absolute Gasteiger partial charge is 0.486 e. The molecule has 2 aromatic carbocycles. The maximum atomic E-state index is 15.2. The van der Waals surface area contributed by atoms with Gasteiger partial charge in [-0.3, -0.25) is 4.79 Å². The Balaban J connectivity index is 1.43. The lowest BCUT2D eigenvalue weighted by atomic mass is 10.0. The van der Waals surface area contributed by atoms with Crippen LogP contribution in [0.15, 0.2) is 46.9 Å². The predicted octanol–water partition coefficient (Wildman–Crippen LogP) is 4.26. The third-order valence-electron chi connectivity index (χ3n) is 6.19. The molecule has 2 N–H and O–H groups in total. The first kappa shape index (κ1) is 22.6. The number of hydrogen-bond donors (Lipinski definition) is 2. The third kappa shape index (κ3) is 4.94. The zero-order chi connectivity index (χ0) is 25.5. The van der Waals surface area contributed by atoms with Gasteiger partial charge < -0.3 is 29.2 Å². The topological polar surface area (TPSA) is 84.2 Å². The van der Waals surface area contributed by atoms with Gasteiger partial charge in [-0.25, -0.2) is 0 Å². The van der Waals surface area contributed by atoms with Gasteiger partial charge in [-0.1, -0.05) is 17.7 Å². The van der Waals surface area contributed by atoms with Crippen molar-refractivity contribution in [3.63, 3.8) is 0 Å². The van der Waals surface area contributed by atoms with Crippen LogP contribution >= 0.6 is 11.6 Å². The fraction of sp³-hybridized carbons (Fsp3) is 0.400. The number of aliphatic hydroxyl groups is 1. The summed E-state index contributed by atoms with van der Waals surface area (Å²) in [5, 5.41) is 14.2. The Kier molecular flexibility index (Phi) is 6.22. The van der Waals surface area contributed by atoms with Crippen LogP contribution in [-0.4, -0.2) is 54.8 Å². The lowest BCUT2D eigenvalue weighted by molar-refractivity contribution is -0.151. The highest BCUT2D eigenvalue weighted by atomic mass is 35.5. The van der Waals surface area contributed by atoms with Crippen molar-refractivity contribution < 1.29 is 33.9 Å². The maximum absolute atomic E-state index is 15.2. The molecule has 0 saturated carbocycles. The molecule has 2 aliphatic heterocycles. The van der Waals surface area contributed by atoms with E-state index in [0.717, 1.165) is 18.9 Å². The van der Waals surface area contributed by atoms with Crippen molar-refractivity contribution >= 4 is 28.5 Å². The van der Waals surface area contributed by atoms with E-state index >= 15 is 8.78 Å². The highest BCUT2D eigenvalue weighted by Gasteiger charge is 2.46. The Bertz CT molecular complexity index is 1280. The summed E-state index contributed by atoms with van der Waals surface area (Å²) in [7, 11) is 0. The number of halogens is 3. The van der Waals surface area contributed by atoms with Crippen molar-refractivity contribution in [3.05, 3.63) is 58.8 Å². The van der Waals surface area contributed by atoms with E-state index in [4.69, 9.17) is 26.9 Å². The van der Waals surface area contributed by atoms with Crippen LogP contribution < -0.4 is 14.8 Å². The van der Waals surface area contributed by atoms with Crippen LogP contribution in [0.2, 0.25) is 5.02 Å². The van der Waals surface area contributed by atoms with Crippen molar-refractivity contribution in [2.24, 2.45) is 0 Å². The van der Waals surface area contributed by atoms with E-state index in [-0.39, 0.29) is 17.7 Å². The van der Waals surface area contributed by atoms with E-state index in [1.807, 2.05) is 4.90 Å². The van der Waals surface area contributed by atoms with Gasteiger partial charge in [0.1, 0.15) is 24.9 Å². The number of carbonyl (C=O) groups excluding carboxylic acids is 1. The molecule has 1 amide bonds. The molecule has 7 nitrogen and oxygen atoms in total. The normalized spacial score (nSPS) is 19.3. The lowest BCUT2D eigenvalue weighted by Gasteiger charge is -2.30. The zero-order valence-corrected chi connectivity index (χ0v) is 19.5. The number of rotatable bonds is 7. The van der Waals surface area contributed by atoms with Crippen molar-refractivity contribution in [2.45, 2.75) is 30.9 Å². The molecule has 5 rings (SSSR count). The zero-order valence-electron chi connectivity index (χ0n) is 19.7. The summed E-state index contributed by atoms with van der Waals surface area (Å²) in [6.45, 7) is 2.02. The Morgan fingerprint density at radius 1 is 1.14 bits per heavy atom. The summed E-state index contributed by atoms with van der Waals surface area (Å²) in [5.41, 5.74) is 0.238. The Labute approximate surface area is 206 Å². The fourth-order valence-electron chi connectivity index (χ4n) is 4.36. The molecule has 2 unspecified atom stereocenters. The van der Waals surface area contributed by atoms with Crippen molar-refractivity contribution in [3.8, 4) is 11.5 Å². The monoisotopic (exact) mass is 507 g/mol. The summed E-state index contributed by atoms with van der Waals surface area (Å²) in [4.78, 5) is 14.8. The lowest BCUT2D eigenvalue weighted by Crippen LogP contribution is -2.50. The minimum atomic E-state index is -4.06. The first-order valence-electron chi connectivity index (χ1n) is 11.9. The van der Waals surface area contributed by atoms with E-state index in [1.165, 1.54) is 30.3 Å². The number of furan rings is 1. The number of nitrogens with zero attached hydrogens (tertiary/aromatic N) is 1. The molecule has 10 heteroatoms. The number of fused-ring (bicyclic) bond motifs is 2. The summed E-state index contributed by atoms with van der Waals surface area (Å²) >= 11 is 5.93. The summed E-state index contributed by atoms with van der Waals surface area (Å²) in [6.07, 6.45) is -0.636. The highest BCUT2D eigenvalue weighted by molar-refractivity contribution is 6.31. The third-order valence-corrected chi connectivity index (χ3v) is 6.42. The van der Waals surface area contributed by atoms with Crippen LogP contribution in [-0.2, 0) is 10.7 Å². The van der Waals surface area contributed by atoms with Gasteiger partial charge in [-0.05, 0) is 67.9 Å². The molecule has 1 fully saturated rings. The molecule has 1 saturated heterocycles.